The molecule has 0 aliphatic heterocycles. The molecule has 0 unspecified atom stereocenters. The fourth-order valence-corrected chi connectivity index (χ4v) is 2.09. The van der Waals surface area contributed by atoms with Gasteiger partial charge in [-0.1, -0.05) is 0 Å². The number of hydrogen-bond acceptors (Lipinski definition) is 4. The van der Waals surface area contributed by atoms with Gasteiger partial charge in [0.2, 0.25) is 10.0 Å². The number of sulfonamides is 1. The van der Waals surface area contributed by atoms with Gasteiger partial charge in [-0.15, -0.1) is 0 Å². The second-order valence-corrected chi connectivity index (χ2v) is 6.01. The van der Waals surface area contributed by atoms with Gasteiger partial charge in [-0.3, -0.25) is 9.52 Å². The topological polar surface area (TPSA) is 84.5 Å². The van der Waals surface area contributed by atoms with Crippen LogP contribution in [0.3, 0.4) is 0 Å². The van der Waals surface area contributed by atoms with Crippen molar-refractivity contribution >= 4 is 21.6 Å². The normalized spacial score (nSPS) is 11.1. The van der Waals surface area contributed by atoms with Crippen molar-refractivity contribution < 1.29 is 17.9 Å². The highest BCUT2D eigenvalue weighted by molar-refractivity contribution is 7.92. The Bertz CT molecular complexity index is 526. The van der Waals surface area contributed by atoms with E-state index in [4.69, 9.17) is 4.74 Å². The molecule has 0 heterocycles. The lowest BCUT2D eigenvalue weighted by molar-refractivity contribution is 0.0944. The van der Waals surface area contributed by atoms with E-state index in [1.807, 2.05) is 6.92 Å². The monoisotopic (exact) mass is 300 g/mol. The molecular weight excluding hydrogens is 280 g/mol. The first-order chi connectivity index (χ1) is 9.42. The van der Waals surface area contributed by atoms with E-state index in [-0.39, 0.29) is 5.91 Å². The van der Waals surface area contributed by atoms with Crippen LogP contribution in [0.5, 0.6) is 0 Å². The van der Waals surface area contributed by atoms with Crippen LogP contribution in [-0.4, -0.2) is 40.3 Å². The molecule has 1 aromatic carbocycles. The highest BCUT2D eigenvalue weighted by Gasteiger charge is 2.06. The van der Waals surface area contributed by atoms with Crippen LogP contribution in [-0.2, 0) is 14.8 Å². The van der Waals surface area contributed by atoms with Gasteiger partial charge >= 0.3 is 0 Å². The van der Waals surface area contributed by atoms with Crippen molar-refractivity contribution in [3.05, 3.63) is 29.8 Å². The summed E-state index contributed by atoms with van der Waals surface area (Å²) >= 11 is 0. The highest BCUT2D eigenvalue weighted by atomic mass is 32.2. The summed E-state index contributed by atoms with van der Waals surface area (Å²) in [6, 6.07) is 6.25. The number of carbonyl (C=O) groups excluding carboxylic acids is 1. The molecule has 0 aliphatic rings. The molecule has 0 aromatic heterocycles. The first-order valence-corrected chi connectivity index (χ1v) is 8.25. The van der Waals surface area contributed by atoms with Crippen molar-refractivity contribution in [2.75, 3.05) is 30.7 Å². The Balaban J connectivity index is 2.45. The smallest absolute Gasteiger partial charge is 0.251 e. The van der Waals surface area contributed by atoms with E-state index < -0.39 is 10.0 Å². The first-order valence-electron chi connectivity index (χ1n) is 6.36. The minimum absolute atomic E-state index is 0.188. The third-order valence-electron chi connectivity index (χ3n) is 2.41. The van der Waals surface area contributed by atoms with Gasteiger partial charge in [0.15, 0.2) is 0 Å². The fraction of sp³-hybridized carbons (Fsp3) is 0.462. The van der Waals surface area contributed by atoms with E-state index >= 15 is 0 Å². The highest BCUT2D eigenvalue weighted by Crippen LogP contribution is 2.10. The Morgan fingerprint density at radius 2 is 1.90 bits per heavy atom. The van der Waals surface area contributed by atoms with Crippen LogP contribution in [0.15, 0.2) is 24.3 Å². The number of rotatable bonds is 8. The first kappa shape index (κ1) is 16.5. The Morgan fingerprint density at radius 3 is 2.45 bits per heavy atom. The van der Waals surface area contributed by atoms with E-state index in [0.717, 1.165) is 12.7 Å². The van der Waals surface area contributed by atoms with Crippen LogP contribution >= 0.6 is 0 Å². The van der Waals surface area contributed by atoms with Crippen LogP contribution in [0.4, 0.5) is 5.69 Å². The zero-order valence-electron chi connectivity index (χ0n) is 11.7. The van der Waals surface area contributed by atoms with E-state index in [1.165, 1.54) is 0 Å². The number of anilines is 1. The number of benzene rings is 1. The molecule has 112 valence electrons. The van der Waals surface area contributed by atoms with Crippen molar-refractivity contribution in [3.63, 3.8) is 0 Å². The summed E-state index contributed by atoms with van der Waals surface area (Å²) in [7, 11) is -3.30. The number of ether oxygens (including phenoxy) is 1. The molecule has 20 heavy (non-hydrogen) atoms. The SMILES string of the molecule is CCOCCCNC(=O)c1ccc(NS(C)(=O)=O)cc1. The summed E-state index contributed by atoms with van der Waals surface area (Å²) in [5, 5.41) is 2.77. The molecule has 0 atom stereocenters. The molecule has 1 amide bonds. The lowest BCUT2D eigenvalue weighted by Crippen LogP contribution is -2.25. The van der Waals surface area contributed by atoms with Gasteiger partial charge in [0, 0.05) is 31.0 Å². The summed E-state index contributed by atoms with van der Waals surface area (Å²) in [5.41, 5.74) is 0.917. The second kappa shape index (κ2) is 7.86. The summed E-state index contributed by atoms with van der Waals surface area (Å²) in [4.78, 5) is 11.8. The fourth-order valence-electron chi connectivity index (χ4n) is 1.53. The number of nitrogens with one attached hydrogen (secondary N) is 2. The van der Waals surface area contributed by atoms with Gasteiger partial charge in [0.25, 0.3) is 5.91 Å². The predicted octanol–water partition coefficient (Wildman–Crippen LogP) is 1.21. The number of amides is 1. The molecule has 0 spiro atoms. The molecule has 1 rings (SSSR count). The van der Waals surface area contributed by atoms with Crippen LogP contribution in [0.2, 0.25) is 0 Å². The summed E-state index contributed by atoms with van der Waals surface area (Å²) in [6.07, 6.45) is 1.83. The molecular formula is C13H20N2O4S. The molecule has 7 heteroatoms. The quantitative estimate of drug-likeness (QED) is 0.707. The Labute approximate surface area is 119 Å². The van der Waals surface area contributed by atoms with Crippen molar-refractivity contribution in [2.45, 2.75) is 13.3 Å². The van der Waals surface area contributed by atoms with E-state index in [1.54, 1.807) is 24.3 Å². The van der Waals surface area contributed by atoms with Crippen LogP contribution in [0.25, 0.3) is 0 Å². The molecule has 0 bridgehead atoms. The minimum atomic E-state index is -3.30. The van der Waals surface area contributed by atoms with Crippen molar-refractivity contribution in [1.29, 1.82) is 0 Å². The molecule has 1 aromatic rings. The van der Waals surface area contributed by atoms with Crippen molar-refractivity contribution in [2.24, 2.45) is 0 Å². The zero-order valence-corrected chi connectivity index (χ0v) is 12.5. The number of carbonyl (C=O) groups is 1. The van der Waals surface area contributed by atoms with Gasteiger partial charge in [0.05, 0.1) is 6.26 Å². The van der Waals surface area contributed by atoms with Gasteiger partial charge in [-0.25, -0.2) is 8.42 Å². The van der Waals surface area contributed by atoms with Gasteiger partial charge < -0.3 is 10.1 Å². The van der Waals surface area contributed by atoms with Crippen LogP contribution in [0, 0.1) is 0 Å². The zero-order chi connectivity index (χ0) is 15.0. The van der Waals surface area contributed by atoms with Gasteiger partial charge in [0.1, 0.15) is 0 Å². The maximum atomic E-state index is 11.8. The van der Waals surface area contributed by atoms with Gasteiger partial charge in [-0.05, 0) is 37.6 Å². The Hall–Kier alpha value is -1.60. The lowest BCUT2D eigenvalue weighted by atomic mass is 10.2. The second-order valence-electron chi connectivity index (χ2n) is 4.26. The average Bonchev–Trinajstić information content (AvgIpc) is 2.37. The lowest BCUT2D eigenvalue weighted by Gasteiger charge is -2.07. The summed E-state index contributed by atoms with van der Waals surface area (Å²) in [5.74, 6) is -0.188. The molecule has 0 aliphatic carbocycles. The largest absolute Gasteiger partial charge is 0.382 e. The van der Waals surface area contributed by atoms with E-state index in [2.05, 4.69) is 10.0 Å². The standard InChI is InChI=1S/C13H20N2O4S/c1-3-19-10-4-9-14-13(16)11-5-7-12(8-6-11)15-20(2,17)18/h5-8,15H,3-4,9-10H2,1-2H3,(H,14,16). The Morgan fingerprint density at radius 1 is 1.25 bits per heavy atom. The summed E-state index contributed by atoms with van der Waals surface area (Å²) in [6.45, 7) is 3.75. The molecule has 6 nitrogen and oxygen atoms in total. The predicted molar refractivity (Wildman–Crippen MR) is 78.4 cm³/mol. The Kier molecular flexibility index (Phi) is 6.47. The third kappa shape index (κ3) is 6.53. The number of hydrogen-bond donors (Lipinski definition) is 2. The molecule has 2 N–H and O–H groups in total. The summed E-state index contributed by atoms with van der Waals surface area (Å²) < 4.78 is 29.6. The molecule has 0 saturated carbocycles. The van der Waals surface area contributed by atoms with E-state index in [9.17, 15) is 13.2 Å². The maximum Gasteiger partial charge on any atom is 0.251 e. The molecule has 0 saturated heterocycles. The van der Waals surface area contributed by atoms with Crippen molar-refractivity contribution in [3.8, 4) is 0 Å². The third-order valence-corrected chi connectivity index (χ3v) is 3.01. The van der Waals surface area contributed by atoms with Crippen LogP contribution < -0.4 is 10.0 Å². The van der Waals surface area contributed by atoms with Crippen molar-refractivity contribution in [1.82, 2.24) is 5.32 Å². The maximum absolute atomic E-state index is 11.8. The molecule has 0 radical (unpaired) electrons. The molecule has 0 fully saturated rings. The van der Waals surface area contributed by atoms with Gasteiger partial charge in [-0.2, -0.15) is 0 Å². The van der Waals surface area contributed by atoms with Crippen LogP contribution in [0.1, 0.15) is 23.7 Å². The minimum Gasteiger partial charge on any atom is -0.382 e. The van der Waals surface area contributed by atoms with E-state index in [0.29, 0.717) is 31.0 Å². The average molecular weight is 300 g/mol.